The van der Waals surface area contributed by atoms with E-state index in [0.717, 1.165) is 6.16 Å². The molecule has 24 heavy (non-hydrogen) atoms. The van der Waals surface area contributed by atoms with Gasteiger partial charge in [0.05, 0.1) is 0 Å². The van der Waals surface area contributed by atoms with E-state index in [9.17, 15) is 0 Å². The number of benzene rings is 4. The lowest BCUT2D eigenvalue weighted by atomic mass is 10.1. The molecule has 0 aliphatic rings. The molecule has 0 aliphatic carbocycles. The van der Waals surface area contributed by atoms with Crippen LogP contribution >= 0.6 is 7.92 Å². The van der Waals surface area contributed by atoms with E-state index in [1.165, 1.54) is 26.9 Å². The van der Waals surface area contributed by atoms with Crippen molar-refractivity contribution in [3.8, 4) is 0 Å². The van der Waals surface area contributed by atoms with Gasteiger partial charge in [-0.05, 0) is 34.9 Å². The second-order valence-corrected chi connectivity index (χ2v) is 8.10. The Morgan fingerprint density at radius 1 is 0.500 bits per heavy atom. The van der Waals surface area contributed by atoms with Gasteiger partial charge in [0.1, 0.15) is 0 Å². The van der Waals surface area contributed by atoms with Gasteiger partial charge >= 0.3 is 0 Å². The van der Waals surface area contributed by atoms with Gasteiger partial charge in [-0.1, -0.05) is 103 Å². The SMILES string of the molecule is c1ccc(P(Cc2cccc3ccccc23)c2ccccc2)cc1. The Morgan fingerprint density at radius 2 is 1.04 bits per heavy atom. The maximum absolute atomic E-state index is 2.28. The normalized spacial score (nSPS) is 11.0. The maximum Gasteiger partial charge on any atom is 0.00136 e. The van der Waals surface area contributed by atoms with Gasteiger partial charge in [-0.2, -0.15) is 0 Å². The third-order valence-corrected chi connectivity index (χ3v) is 6.84. The zero-order chi connectivity index (χ0) is 16.2. The molecular formula is C23H19P. The lowest BCUT2D eigenvalue weighted by Crippen LogP contribution is -2.13. The fraction of sp³-hybridized carbons (Fsp3) is 0.0435. The summed E-state index contributed by atoms with van der Waals surface area (Å²) in [6.07, 6.45) is 1.07. The molecule has 0 fully saturated rings. The molecule has 0 saturated heterocycles. The lowest BCUT2D eigenvalue weighted by molar-refractivity contribution is 1.45. The molecule has 0 spiro atoms. The Morgan fingerprint density at radius 3 is 1.71 bits per heavy atom. The number of hydrogen-bond donors (Lipinski definition) is 0. The molecule has 4 aromatic rings. The van der Waals surface area contributed by atoms with Crippen molar-refractivity contribution in [2.75, 3.05) is 0 Å². The minimum Gasteiger partial charge on any atom is -0.0622 e. The fourth-order valence-electron chi connectivity index (χ4n) is 3.15. The summed E-state index contributed by atoms with van der Waals surface area (Å²) in [7, 11) is -0.400. The molecular weight excluding hydrogens is 307 g/mol. The molecule has 0 saturated carbocycles. The summed E-state index contributed by atoms with van der Waals surface area (Å²) < 4.78 is 0. The monoisotopic (exact) mass is 326 g/mol. The average molecular weight is 326 g/mol. The van der Waals surface area contributed by atoms with Crippen molar-refractivity contribution in [1.29, 1.82) is 0 Å². The van der Waals surface area contributed by atoms with Gasteiger partial charge in [0.2, 0.25) is 0 Å². The van der Waals surface area contributed by atoms with Gasteiger partial charge in [-0.15, -0.1) is 0 Å². The second kappa shape index (κ2) is 6.99. The summed E-state index contributed by atoms with van der Waals surface area (Å²) in [5.41, 5.74) is 1.44. The number of fused-ring (bicyclic) bond motifs is 1. The molecule has 0 aliphatic heterocycles. The molecule has 4 aromatic carbocycles. The van der Waals surface area contributed by atoms with E-state index in [0.29, 0.717) is 0 Å². The highest BCUT2D eigenvalue weighted by Crippen LogP contribution is 2.39. The molecule has 0 nitrogen and oxygen atoms in total. The average Bonchev–Trinajstić information content (AvgIpc) is 2.67. The minimum atomic E-state index is -0.400. The predicted octanol–water partition coefficient (Wildman–Crippen LogP) is 5.47. The maximum atomic E-state index is 2.28. The Hall–Kier alpha value is -2.43. The molecule has 0 atom stereocenters. The fourth-order valence-corrected chi connectivity index (χ4v) is 5.49. The quantitative estimate of drug-likeness (QED) is 0.436. The van der Waals surface area contributed by atoms with E-state index in [1.54, 1.807) is 0 Å². The van der Waals surface area contributed by atoms with Crippen LogP contribution in [0.25, 0.3) is 10.8 Å². The van der Waals surface area contributed by atoms with Crippen LogP contribution in [0.4, 0.5) is 0 Å². The van der Waals surface area contributed by atoms with Crippen LogP contribution in [0.5, 0.6) is 0 Å². The van der Waals surface area contributed by atoms with Crippen molar-refractivity contribution in [2.24, 2.45) is 0 Å². The molecule has 0 unspecified atom stereocenters. The molecule has 116 valence electrons. The van der Waals surface area contributed by atoms with E-state index in [1.807, 2.05) is 0 Å². The van der Waals surface area contributed by atoms with Crippen LogP contribution in [0.1, 0.15) is 5.56 Å². The molecule has 0 aromatic heterocycles. The second-order valence-electron chi connectivity index (χ2n) is 5.90. The first-order valence-corrected chi connectivity index (χ1v) is 9.79. The third kappa shape index (κ3) is 3.11. The first-order valence-electron chi connectivity index (χ1n) is 8.26. The predicted molar refractivity (Wildman–Crippen MR) is 107 cm³/mol. The zero-order valence-electron chi connectivity index (χ0n) is 13.5. The first kappa shape index (κ1) is 15.1. The van der Waals surface area contributed by atoms with Crippen molar-refractivity contribution in [3.63, 3.8) is 0 Å². The third-order valence-electron chi connectivity index (χ3n) is 4.34. The summed E-state index contributed by atoms with van der Waals surface area (Å²) in [5.74, 6) is 0. The number of rotatable bonds is 4. The first-order chi connectivity index (χ1) is 11.9. The van der Waals surface area contributed by atoms with E-state index in [-0.39, 0.29) is 0 Å². The van der Waals surface area contributed by atoms with Crippen molar-refractivity contribution in [2.45, 2.75) is 6.16 Å². The summed E-state index contributed by atoms with van der Waals surface area (Å²) in [4.78, 5) is 0. The molecule has 0 N–H and O–H groups in total. The van der Waals surface area contributed by atoms with Crippen molar-refractivity contribution >= 4 is 29.3 Å². The topological polar surface area (TPSA) is 0 Å². The van der Waals surface area contributed by atoms with Gasteiger partial charge in [-0.3, -0.25) is 0 Å². The molecule has 1 heteroatoms. The Balaban J connectivity index is 1.80. The summed E-state index contributed by atoms with van der Waals surface area (Å²) in [6.45, 7) is 0. The minimum absolute atomic E-state index is 0.400. The molecule has 0 amide bonds. The van der Waals surface area contributed by atoms with Gasteiger partial charge in [0.25, 0.3) is 0 Å². The summed E-state index contributed by atoms with van der Waals surface area (Å²) >= 11 is 0. The van der Waals surface area contributed by atoms with E-state index >= 15 is 0 Å². The van der Waals surface area contributed by atoms with Crippen LogP contribution in [0.2, 0.25) is 0 Å². The van der Waals surface area contributed by atoms with Crippen LogP contribution in [0, 0.1) is 0 Å². The largest absolute Gasteiger partial charge is 0.0622 e. The van der Waals surface area contributed by atoms with Crippen molar-refractivity contribution < 1.29 is 0 Å². The lowest BCUT2D eigenvalue weighted by Gasteiger charge is -2.20. The Kier molecular flexibility index (Phi) is 4.40. The van der Waals surface area contributed by atoms with Crippen molar-refractivity contribution in [3.05, 3.63) is 109 Å². The highest BCUT2D eigenvalue weighted by atomic mass is 31.1. The summed E-state index contributed by atoms with van der Waals surface area (Å²) in [6, 6.07) is 37.2. The molecule has 0 bridgehead atoms. The van der Waals surface area contributed by atoms with Crippen LogP contribution in [-0.2, 0) is 6.16 Å². The van der Waals surface area contributed by atoms with E-state index in [4.69, 9.17) is 0 Å². The van der Waals surface area contributed by atoms with Gasteiger partial charge in [-0.25, -0.2) is 0 Å². The van der Waals surface area contributed by atoms with E-state index in [2.05, 4.69) is 103 Å². The Labute approximate surface area is 144 Å². The van der Waals surface area contributed by atoms with Crippen LogP contribution in [-0.4, -0.2) is 0 Å². The number of hydrogen-bond acceptors (Lipinski definition) is 0. The highest BCUT2D eigenvalue weighted by Gasteiger charge is 2.15. The zero-order valence-corrected chi connectivity index (χ0v) is 14.4. The van der Waals surface area contributed by atoms with Crippen LogP contribution in [0.3, 0.4) is 0 Å². The molecule has 0 radical (unpaired) electrons. The Bertz CT molecular complexity index is 885. The van der Waals surface area contributed by atoms with Crippen LogP contribution < -0.4 is 10.6 Å². The molecule has 4 rings (SSSR count). The highest BCUT2D eigenvalue weighted by molar-refractivity contribution is 7.72. The van der Waals surface area contributed by atoms with E-state index < -0.39 is 7.92 Å². The van der Waals surface area contributed by atoms with Gasteiger partial charge in [0.15, 0.2) is 0 Å². The molecule has 0 heterocycles. The van der Waals surface area contributed by atoms with Crippen molar-refractivity contribution in [1.82, 2.24) is 0 Å². The summed E-state index contributed by atoms with van der Waals surface area (Å²) in [5, 5.41) is 5.57. The standard InChI is InChI=1S/C23H19P/c1-3-13-21(14-4-1)24(22-15-5-2-6-16-22)18-20-12-9-11-19-10-7-8-17-23(19)20/h1-17H,18H2. The smallest absolute Gasteiger partial charge is 0.00136 e. The van der Waals surface area contributed by atoms with Gasteiger partial charge < -0.3 is 0 Å². The van der Waals surface area contributed by atoms with Crippen LogP contribution in [0.15, 0.2) is 103 Å². The van der Waals surface area contributed by atoms with Gasteiger partial charge in [0, 0.05) is 6.16 Å².